The molecule has 0 amide bonds. The summed E-state index contributed by atoms with van der Waals surface area (Å²) >= 11 is 0. The lowest BCUT2D eigenvalue weighted by Crippen LogP contribution is -2.35. The van der Waals surface area contributed by atoms with Gasteiger partial charge < -0.3 is 20.3 Å². The molecule has 7 nitrogen and oxygen atoms in total. The highest BCUT2D eigenvalue weighted by Crippen LogP contribution is 2.23. The summed E-state index contributed by atoms with van der Waals surface area (Å²) in [5.74, 6) is 0.920. The van der Waals surface area contributed by atoms with E-state index in [0.29, 0.717) is 55.1 Å². The number of ether oxygens (including phenoxy) is 1. The van der Waals surface area contributed by atoms with E-state index in [0.717, 1.165) is 0 Å². The van der Waals surface area contributed by atoms with E-state index >= 15 is 0 Å². The molecule has 1 saturated heterocycles. The first kappa shape index (κ1) is 23.1. The number of anilines is 2. The van der Waals surface area contributed by atoms with Crippen LogP contribution >= 0.6 is 0 Å². The first-order chi connectivity index (χ1) is 15.5. The number of aromatic nitrogens is 2. The Morgan fingerprint density at radius 2 is 1.94 bits per heavy atom. The highest BCUT2D eigenvalue weighted by Gasteiger charge is 2.20. The van der Waals surface area contributed by atoms with Crippen LogP contribution in [-0.4, -0.2) is 49.2 Å². The van der Waals surface area contributed by atoms with Gasteiger partial charge in [0.05, 0.1) is 5.70 Å². The summed E-state index contributed by atoms with van der Waals surface area (Å²) in [7, 11) is 1.70. The summed E-state index contributed by atoms with van der Waals surface area (Å²) in [4.78, 5) is 22.3. The van der Waals surface area contributed by atoms with E-state index in [4.69, 9.17) is 0 Å². The van der Waals surface area contributed by atoms with Crippen molar-refractivity contribution in [2.24, 2.45) is 0 Å². The van der Waals surface area contributed by atoms with Crippen LogP contribution in [0.25, 0.3) is 5.57 Å². The number of alkyl halides is 3. The minimum atomic E-state index is -2.90. The minimum absolute atomic E-state index is 0.0376. The Labute approximate surface area is 184 Å². The summed E-state index contributed by atoms with van der Waals surface area (Å²) in [6.07, 6.45) is 5.54. The SMILES string of the molecule is CNC=C(/C=C(\C=O)Nc1ccnc(N2CCC(F)CC2)n1)c1ccc(OC(F)F)cc1. The normalized spacial score (nSPS) is 15.6. The third-order valence-electron chi connectivity index (χ3n) is 4.77. The number of nitrogens with zero attached hydrogens (tertiary/aromatic N) is 3. The Kier molecular flexibility index (Phi) is 8.07. The van der Waals surface area contributed by atoms with Crippen LogP contribution in [0.15, 0.2) is 54.5 Å². The molecule has 1 aliphatic rings. The van der Waals surface area contributed by atoms with Gasteiger partial charge in [-0.25, -0.2) is 9.37 Å². The van der Waals surface area contributed by atoms with Crippen LogP contribution in [0.5, 0.6) is 5.75 Å². The summed E-state index contributed by atoms with van der Waals surface area (Å²) in [5.41, 5.74) is 1.54. The van der Waals surface area contributed by atoms with Crippen LogP contribution < -0.4 is 20.3 Å². The average molecular weight is 447 g/mol. The number of hydrogen-bond acceptors (Lipinski definition) is 7. The van der Waals surface area contributed by atoms with Gasteiger partial charge in [-0.2, -0.15) is 13.8 Å². The Balaban J connectivity index is 1.77. The second kappa shape index (κ2) is 11.2. The molecular formula is C22H24F3N5O2. The fourth-order valence-corrected chi connectivity index (χ4v) is 3.23. The van der Waals surface area contributed by atoms with Crippen LogP contribution in [0.4, 0.5) is 24.9 Å². The number of piperidine rings is 1. The van der Waals surface area contributed by atoms with E-state index in [1.54, 1.807) is 43.7 Å². The molecule has 0 aliphatic carbocycles. The van der Waals surface area contributed by atoms with Crippen molar-refractivity contribution in [2.45, 2.75) is 25.6 Å². The maximum absolute atomic E-state index is 13.4. The second-order valence-corrected chi connectivity index (χ2v) is 7.04. The van der Waals surface area contributed by atoms with Crippen LogP contribution in [0, 0.1) is 0 Å². The van der Waals surface area contributed by atoms with Gasteiger partial charge in [-0.05, 0) is 48.3 Å². The Bertz CT molecular complexity index is 958. The molecule has 0 bridgehead atoms. The van der Waals surface area contributed by atoms with Crippen molar-refractivity contribution in [1.29, 1.82) is 0 Å². The molecule has 2 heterocycles. The molecule has 2 aromatic rings. The van der Waals surface area contributed by atoms with Gasteiger partial charge in [0.1, 0.15) is 17.7 Å². The van der Waals surface area contributed by atoms with E-state index < -0.39 is 12.8 Å². The number of nitrogens with one attached hydrogen (secondary N) is 2. The number of carbonyl (C=O) groups is 1. The van der Waals surface area contributed by atoms with E-state index in [2.05, 4.69) is 25.3 Å². The van der Waals surface area contributed by atoms with Crippen molar-refractivity contribution >= 4 is 23.6 Å². The first-order valence-electron chi connectivity index (χ1n) is 10.1. The molecule has 3 rings (SSSR count). The van der Waals surface area contributed by atoms with Gasteiger partial charge in [0.2, 0.25) is 5.95 Å². The van der Waals surface area contributed by atoms with Crippen molar-refractivity contribution in [3.05, 3.63) is 60.1 Å². The maximum atomic E-state index is 13.4. The standard InChI is InChI=1S/C22H24F3N5O2/c1-26-13-16(15-2-4-19(5-3-15)32-21(24)25)12-18(14-31)28-20-6-9-27-22(29-20)30-10-7-17(23)8-11-30/h2-6,9,12-14,17,21,26H,7-8,10-11H2,1H3,(H,27,28,29)/b16-13?,18-12+. The lowest BCUT2D eigenvalue weighted by atomic mass is 10.1. The molecule has 32 heavy (non-hydrogen) atoms. The molecular weight excluding hydrogens is 423 g/mol. The predicted octanol–water partition coefficient (Wildman–Crippen LogP) is 3.77. The second-order valence-electron chi connectivity index (χ2n) is 7.04. The molecule has 1 aromatic heterocycles. The minimum Gasteiger partial charge on any atom is -0.435 e. The third-order valence-corrected chi connectivity index (χ3v) is 4.77. The molecule has 1 aliphatic heterocycles. The number of allylic oxidation sites excluding steroid dienone is 3. The van der Waals surface area contributed by atoms with E-state index in [1.807, 2.05) is 4.90 Å². The van der Waals surface area contributed by atoms with Crippen molar-refractivity contribution < 1.29 is 22.7 Å². The highest BCUT2D eigenvalue weighted by atomic mass is 19.3. The van der Waals surface area contributed by atoms with Gasteiger partial charge in [-0.3, -0.25) is 4.79 Å². The van der Waals surface area contributed by atoms with Gasteiger partial charge in [-0.1, -0.05) is 12.1 Å². The summed E-state index contributed by atoms with van der Waals surface area (Å²) in [6.45, 7) is -1.84. The molecule has 170 valence electrons. The van der Waals surface area contributed by atoms with Crippen LogP contribution in [0.1, 0.15) is 18.4 Å². The average Bonchev–Trinajstić information content (AvgIpc) is 2.79. The molecule has 1 aromatic carbocycles. The predicted molar refractivity (Wildman–Crippen MR) is 116 cm³/mol. The van der Waals surface area contributed by atoms with Gasteiger partial charge in [0, 0.05) is 32.5 Å². The lowest BCUT2D eigenvalue weighted by Gasteiger charge is -2.28. The fourth-order valence-electron chi connectivity index (χ4n) is 3.23. The summed E-state index contributed by atoms with van der Waals surface area (Å²) in [5, 5.41) is 5.86. The molecule has 2 N–H and O–H groups in total. The van der Waals surface area contributed by atoms with E-state index in [9.17, 15) is 18.0 Å². The number of hydrogen-bond donors (Lipinski definition) is 2. The maximum Gasteiger partial charge on any atom is 0.387 e. The summed E-state index contributed by atoms with van der Waals surface area (Å²) in [6, 6.07) is 7.68. The monoisotopic (exact) mass is 447 g/mol. The van der Waals surface area contributed by atoms with Crippen molar-refractivity contribution in [3.8, 4) is 5.75 Å². The topological polar surface area (TPSA) is 79.4 Å². The molecule has 0 radical (unpaired) electrons. The van der Waals surface area contributed by atoms with Gasteiger partial charge in [0.15, 0.2) is 6.29 Å². The van der Waals surface area contributed by atoms with Crippen molar-refractivity contribution in [1.82, 2.24) is 15.3 Å². The van der Waals surface area contributed by atoms with Crippen molar-refractivity contribution in [2.75, 3.05) is 30.4 Å². The quantitative estimate of drug-likeness (QED) is 0.344. The van der Waals surface area contributed by atoms with Gasteiger partial charge >= 0.3 is 6.61 Å². The van der Waals surface area contributed by atoms with Crippen LogP contribution in [0.2, 0.25) is 0 Å². The van der Waals surface area contributed by atoms with E-state index in [-0.39, 0.29) is 11.4 Å². The molecule has 0 spiro atoms. The highest BCUT2D eigenvalue weighted by molar-refractivity contribution is 5.86. The molecule has 1 fully saturated rings. The number of rotatable bonds is 9. The third kappa shape index (κ3) is 6.47. The zero-order valence-corrected chi connectivity index (χ0v) is 17.5. The number of halogens is 3. The number of benzene rings is 1. The lowest BCUT2D eigenvalue weighted by molar-refractivity contribution is -0.104. The van der Waals surface area contributed by atoms with Crippen molar-refractivity contribution in [3.63, 3.8) is 0 Å². The Hall–Kier alpha value is -3.56. The summed E-state index contributed by atoms with van der Waals surface area (Å²) < 4.78 is 42.5. The molecule has 0 unspecified atom stereocenters. The Morgan fingerprint density at radius 3 is 2.56 bits per heavy atom. The van der Waals surface area contributed by atoms with Gasteiger partial charge in [0.25, 0.3) is 0 Å². The first-order valence-corrected chi connectivity index (χ1v) is 10.1. The molecule has 0 atom stereocenters. The Morgan fingerprint density at radius 1 is 1.22 bits per heavy atom. The van der Waals surface area contributed by atoms with E-state index in [1.165, 1.54) is 12.1 Å². The molecule has 0 saturated carbocycles. The largest absolute Gasteiger partial charge is 0.435 e. The zero-order valence-electron chi connectivity index (χ0n) is 17.5. The number of carbonyl (C=O) groups excluding carboxylic acids is 1. The van der Waals surface area contributed by atoms with Gasteiger partial charge in [-0.15, -0.1) is 0 Å². The number of aldehydes is 1. The molecule has 10 heteroatoms. The van der Waals surface area contributed by atoms with Crippen LogP contribution in [-0.2, 0) is 4.79 Å². The fraction of sp³-hybridized carbons (Fsp3) is 0.318. The smallest absolute Gasteiger partial charge is 0.387 e. The van der Waals surface area contributed by atoms with Crippen LogP contribution in [0.3, 0.4) is 0 Å². The zero-order chi connectivity index (χ0) is 22.9.